The summed E-state index contributed by atoms with van der Waals surface area (Å²) in [6, 6.07) is 11.7. The SMILES string of the molecule is CC(C)(C)OC(=O)N1CCC(N2C(=O)N(c3ncccn3)C[C@H]2c2ccccc2)CC1. The minimum absolute atomic E-state index is 0.0325. The van der Waals surface area contributed by atoms with E-state index < -0.39 is 5.60 Å². The zero-order valence-electron chi connectivity index (χ0n) is 18.3. The van der Waals surface area contributed by atoms with Gasteiger partial charge in [0.25, 0.3) is 0 Å². The van der Waals surface area contributed by atoms with Crippen molar-refractivity contribution in [2.75, 3.05) is 24.5 Å². The van der Waals surface area contributed by atoms with Crippen LogP contribution in [0.2, 0.25) is 0 Å². The maximum absolute atomic E-state index is 13.5. The lowest BCUT2D eigenvalue weighted by Crippen LogP contribution is -2.49. The molecule has 0 N–H and O–H groups in total. The number of piperidine rings is 1. The fraction of sp³-hybridized carbons (Fsp3) is 0.478. The minimum atomic E-state index is -0.520. The van der Waals surface area contributed by atoms with Crippen LogP contribution in [-0.2, 0) is 4.74 Å². The Morgan fingerprint density at radius 1 is 1.03 bits per heavy atom. The maximum atomic E-state index is 13.5. The minimum Gasteiger partial charge on any atom is -0.444 e. The van der Waals surface area contributed by atoms with Crippen LogP contribution in [0.1, 0.15) is 45.2 Å². The highest BCUT2D eigenvalue weighted by atomic mass is 16.6. The highest BCUT2D eigenvalue weighted by Gasteiger charge is 2.44. The molecule has 3 amide bonds. The Morgan fingerprint density at radius 2 is 1.68 bits per heavy atom. The molecule has 0 saturated carbocycles. The third-order valence-electron chi connectivity index (χ3n) is 5.63. The number of aromatic nitrogens is 2. The number of anilines is 1. The van der Waals surface area contributed by atoms with Crippen LogP contribution in [0, 0.1) is 0 Å². The van der Waals surface area contributed by atoms with Crippen molar-refractivity contribution in [3.05, 3.63) is 54.4 Å². The maximum Gasteiger partial charge on any atom is 0.410 e. The summed E-state index contributed by atoms with van der Waals surface area (Å²) in [5.41, 5.74) is 0.567. The molecule has 8 heteroatoms. The van der Waals surface area contributed by atoms with E-state index in [-0.39, 0.29) is 24.2 Å². The fourth-order valence-corrected chi connectivity index (χ4v) is 4.21. The zero-order valence-corrected chi connectivity index (χ0v) is 18.3. The third kappa shape index (κ3) is 4.62. The number of hydrogen-bond acceptors (Lipinski definition) is 5. The molecule has 8 nitrogen and oxygen atoms in total. The van der Waals surface area contributed by atoms with Gasteiger partial charge in [0.2, 0.25) is 5.95 Å². The van der Waals surface area contributed by atoms with Crippen molar-refractivity contribution in [1.82, 2.24) is 19.8 Å². The highest BCUT2D eigenvalue weighted by molar-refractivity contribution is 5.93. The molecule has 0 spiro atoms. The Kier molecular flexibility index (Phi) is 5.80. The number of likely N-dealkylation sites (tertiary alicyclic amines) is 1. The van der Waals surface area contributed by atoms with Crippen molar-refractivity contribution >= 4 is 18.1 Å². The quantitative estimate of drug-likeness (QED) is 0.749. The van der Waals surface area contributed by atoms with Gasteiger partial charge in [-0.1, -0.05) is 30.3 Å². The second kappa shape index (κ2) is 8.53. The number of carbonyl (C=O) groups is 2. The summed E-state index contributed by atoms with van der Waals surface area (Å²) >= 11 is 0. The number of urea groups is 1. The predicted octanol–water partition coefficient (Wildman–Crippen LogP) is 3.86. The largest absolute Gasteiger partial charge is 0.444 e. The number of rotatable bonds is 3. The molecule has 1 aromatic heterocycles. The molecule has 2 aliphatic rings. The van der Waals surface area contributed by atoms with Gasteiger partial charge < -0.3 is 14.5 Å². The first kappa shape index (κ1) is 21.1. The van der Waals surface area contributed by atoms with Crippen molar-refractivity contribution in [2.24, 2.45) is 0 Å². The smallest absolute Gasteiger partial charge is 0.410 e. The molecule has 2 aliphatic heterocycles. The molecule has 3 heterocycles. The Morgan fingerprint density at radius 3 is 2.29 bits per heavy atom. The van der Waals surface area contributed by atoms with Gasteiger partial charge in [-0.25, -0.2) is 19.6 Å². The van der Waals surface area contributed by atoms with Gasteiger partial charge in [0, 0.05) is 31.5 Å². The van der Waals surface area contributed by atoms with Gasteiger partial charge in [-0.05, 0) is 45.2 Å². The number of nitrogens with zero attached hydrogens (tertiary/aromatic N) is 5. The molecule has 0 bridgehead atoms. The summed E-state index contributed by atoms with van der Waals surface area (Å²) in [4.78, 5) is 39.8. The topological polar surface area (TPSA) is 78.9 Å². The highest BCUT2D eigenvalue weighted by Crippen LogP contribution is 2.36. The van der Waals surface area contributed by atoms with Gasteiger partial charge in [-0.2, -0.15) is 0 Å². The molecule has 31 heavy (non-hydrogen) atoms. The zero-order chi connectivity index (χ0) is 22.0. The first-order valence-electron chi connectivity index (χ1n) is 10.7. The van der Waals surface area contributed by atoms with Gasteiger partial charge in [0.05, 0.1) is 12.6 Å². The van der Waals surface area contributed by atoms with Crippen molar-refractivity contribution in [1.29, 1.82) is 0 Å². The molecule has 0 aliphatic carbocycles. The number of hydrogen-bond donors (Lipinski definition) is 0. The van der Waals surface area contributed by atoms with E-state index in [0.29, 0.717) is 38.4 Å². The van der Waals surface area contributed by atoms with Crippen molar-refractivity contribution in [2.45, 2.75) is 51.3 Å². The van der Waals surface area contributed by atoms with Gasteiger partial charge >= 0.3 is 12.1 Å². The van der Waals surface area contributed by atoms with Crippen molar-refractivity contribution in [3.8, 4) is 0 Å². The first-order chi connectivity index (χ1) is 14.8. The normalized spacial score (nSPS) is 20.3. The molecule has 4 rings (SSSR count). The second-order valence-electron chi connectivity index (χ2n) is 8.97. The van der Waals surface area contributed by atoms with E-state index >= 15 is 0 Å². The number of ether oxygens (including phenoxy) is 1. The summed E-state index contributed by atoms with van der Waals surface area (Å²) in [7, 11) is 0. The lowest BCUT2D eigenvalue weighted by atomic mass is 9.99. The van der Waals surface area contributed by atoms with Gasteiger partial charge in [0.15, 0.2) is 0 Å². The van der Waals surface area contributed by atoms with Crippen LogP contribution in [0.3, 0.4) is 0 Å². The van der Waals surface area contributed by atoms with E-state index in [1.165, 1.54) is 0 Å². The number of amides is 3. The molecule has 1 aromatic carbocycles. The van der Waals surface area contributed by atoms with Crippen LogP contribution >= 0.6 is 0 Å². The Balaban J connectivity index is 1.52. The van der Waals surface area contributed by atoms with E-state index in [1.54, 1.807) is 28.3 Å². The predicted molar refractivity (Wildman–Crippen MR) is 117 cm³/mol. The summed E-state index contributed by atoms with van der Waals surface area (Å²) in [5, 5.41) is 0. The molecule has 0 unspecified atom stereocenters. The summed E-state index contributed by atoms with van der Waals surface area (Å²) in [6.07, 6.45) is 4.41. The molecule has 0 radical (unpaired) electrons. The van der Waals surface area contributed by atoms with E-state index in [1.807, 2.05) is 43.9 Å². The number of benzene rings is 1. The first-order valence-corrected chi connectivity index (χ1v) is 10.7. The third-order valence-corrected chi connectivity index (χ3v) is 5.63. The van der Waals surface area contributed by atoms with Crippen LogP contribution in [0.15, 0.2) is 48.8 Å². The average Bonchev–Trinajstić information content (AvgIpc) is 3.11. The van der Waals surface area contributed by atoms with Gasteiger partial charge in [-0.3, -0.25) is 4.90 Å². The molecule has 2 fully saturated rings. The van der Waals surface area contributed by atoms with Crippen LogP contribution in [-0.4, -0.2) is 63.2 Å². The number of carbonyl (C=O) groups excluding carboxylic acids is 2. The Labute approximate surface area is 182 Å². The fourth-order valence-electron chi connectivity index (χ4n) is 4.21. The van der Waals surface area contributed by atoms with Crippen LogP contribution in [0.25, 0.3) is 0 Å². The van der Waals surface area contributed by atoms with Crippen LogP contribution in [0.4, 0.5) is 15.5 Å². The van der Waals surface area contributed by atoms with E-state index in [0.717, 1.165) is 5.56 Å². The lowest BCUT2D eigenvalue weighted by molar-refractivity contribution is 0.0158. The van der Waals surface area contributed by atoms with Crippen LogP contribution < -0.4 is 4.90 Å². The van der Waals surface area contributed by atoms with E-state index in [4.69, 9.17) is 4.74 Å². The van der Waals surface area contributed by atoms with E-state index in [9.17, 15) is 9.59 Å². The molecular weight excluding hydrogens is 394 g/mol. The van der Waals surface area contributed by atoms with Gasteiger partial charge in [0.1, 0.15) is 5.60 Å². The van der Waals surface area contributed by atoms with Crippen LogP contribution in [0.5, 0.6) is 0 Å². The summed E-state index contributed by atoms with van der Waals surface area (Å²) in [6.45, 7) is 7.22. The molecule has 2 aromatic rings. The second-order valence-corrected chi connectivity index (χ2v) is 8.97. The van der Waals surface area contributed by atoms with E-state index in [2.05, 4.69) is 22.1 Å². The monoisotopic (exact) mass is 423 g/mol. The van der Waals surface area contributed by atoms with Gasteiger partial charge in [-0.15, -0.1) is 0 Å². The Bertz CT molecular complexity index is 908. The molecule has 164 valence electrons. The molecular formula is C23H29N5O3. The van der Waals surface area contributed by atoms with Crippen molar-refractivity contribution in [3.63, 3.8) is 0 Å². The molecule has 2 saturated heterocycles. The van der Waals surface area contributed by atoms with Crippen molar-refractivity contribution < 1.29 is 14.3 Å². The summed E-state index contributed by atoms with van der Waals surface area (Å²) in [5.74, 6) is 0.419. The lowest BCUT2D eigenvalue weighted by Gasteiger charge is -2.39. The Hall–Kier alpha value is -3.16. The standard InChI is InChI=1S/C23H29N5O3/c1-23(2,3)31-22(30)26-14-10-18(11-15-26)28-19(17-8-5-4-6-9-17)16-27(21(28)29)20-24-12-7-13-25-20/h4-9,12-13,18-19H,10-11,14-16H2,1-3H3/t19-/m0/s1. The molecule has 1 atom stereocenters. The summed E-state index contributed by atoms with van der Waals surface area (Å²) < 4.78 is 5.51. The average molecular weight is 424 g/mol.